The fourth-order valence-electron chi connectivity index (χ4n) is 3.22. The van der Waals surface area contributed by atoms with Gasteiger partial charge in [-0.05, 0) is 47.1 Å². The van der Waals surface area contributed by atoms with E-state index in [1.54, 1.807) is 0 Å². The van der Waals surface area contributed by atoms with Crippen LogP contribution < -0.4 is 15.8 Å². The molecule has 1 atom stereocenters. The molecule has 0 aliphatic carbocycles. The Balaban J connectivity index is 1.54. The van der Waals surface area contributed by atoms with Crippen molar-refractivity contribution in [2.75, 3.05) is 6.61 Å². The number of amides is 2. The third-order valence-electron chi connectivity index (χ3n) is 5.25. The van der Waals surface area contributed by atoms with Crippen LogP contribution in [0.25, 0.3) is 0 Å². The molecule has 3 N–H and O–H groups in total. The number of cyclic esters (lactones) is 1. The predicted octanol–water partition coefficient (Wildman–Crippen LogP) is 3.46. The summed E-state index contributed by atoms with van der Waals surface area (Å²) in [6.07, 6.45) is 0.360. The van der Waals surface area contributed by atoms with E-state index in [2.05, 4.69) is 50.4 Å². The summed E-state index contributed by atoms with van der Waals surface area (Å²) in [6.45, 7) is 7.05. The summed E-state index contributed by atoms with van der Waals surface area (Å²) in [7, 11) is 0. The van der Waals surface area contributed by atoms with Gasteiger partial charge < -0.3 is 20.5 Å². The predicted molar refractivity (Wildman–Crippen MR) is 111 cm³/mol. The van der Waals surface area contributed by atoms with Crippen molar-refractivity contribution in [3.8, 4) is 5.75 Å². The van der Waals surface area contributed by atoms with Crippen LogP contribution in [-0.4, -0.2) is 24.1 Å². The Morgan fingerprint density at radius 3 is 2.24 bits per heavy atom. The molecule has 6 heteroatoms. The molecule has 0 saturated carbocycles. The molecule has 3 rings (SSSR count). The number of ether oxygens (including phenoxy) is 2. The van der Waals surface area contributed by atoms with Gasteiger partial charge in [0.2, 0.25) is 5.91 Å². The molecule has 1 aliphatic rings. The van der Waals surface area contributed by atoms with Gasteiger partial charge in [0, 0.05) is 0 Å². The van der Waals surface area contributed by atoms with E-state index >= 15 is 0 Å². The highest BCUT2D eigenvalue weighted by atomic mass is 16.6. The summed E-state index contributed by atoms with van der Waals surface area (Å²) in [4.78, 5) is 23.1. The Bertz CT molecular complexity index is 869. The SMILES string of the molecule is CC(C)(C)c1ccc(COc2ccc(CCC3(C(N)=O)COC(=O)N3)cc2)cc1. The molecule has 1 heterocycles. The van der Waals surface area contributed by atoms with Crippen LogP contribution in [0, 0.1) is 0 Å². The van der Waals surface area contributed by atoms with Gasteiger partial charge >= 0.3 is 6.09 Å². The highest BCUT2D eigenvalue weighted by molar-refractivity contribution is 5.91. The van der Waals surface area contributed by atoms with Crippen LogP contribution in [-0.2, 0) is 28.0 Å². The minimum atomic E-state index is -1.13. The number of primary amides is 1. The Morgan fingerprint density at radius 2 is 1.72 bits per heavy atom. The lowest BCUT2D eigenvalue weighted by Gasteiger charge is -2.22. The monoisotopic (exact) mass is 396 g/mol. The first-order valence-corrected chi connectivity index (χ1v) is 9.74. The van der Waals surface area contributed by atoms with Crippen LogP contribution in [0.4, 0.5) is 4.79 Å². The molecular weight excluding hydrogens is 368 g/mol. The molecule has 0 bridgehead atoms. The second kappa shape index (κ2) is 8.15. The van der Waals surface area contributed by atoms with Gasteiger partial charge in [0.05, 0.1) is 0 Å². The number of rotatable bonds is 7. The van der Waals surface area contributed by atoms with E-state index in [0.717, 1.165) is 16.9 Å². The van der Waals surface area contributed by atoms with E-state index < -0.39 is 17.5 Å². The fourth-order valence-corrected chi connectivity index (χ4v) is 3.22. The number of carbonyl (C=O) groups excluding carboxylic acids is 2. The fraction of sp³-hybridized carbons (Fsp3) is 0.391. The summed E-state index contributed by atoms with van der Waals surface area (Å²) in [5.41, 5.74) is 7.89. The first-order valence-electron chi connectivity index (χ1n) is 9.74. The Labute approximate surface area is 171 Å². The van der Waals surface area contributed by atoms with Crippen LogP contribution in [0.2, 0.25) is 0 Å². The summed E-state index contributed by atoms with van der Waals surface area (Å²) in [6, 6.07) is 16.2. The van der Waals surface area contributed by atoms with E-state index in [0.29, 0.717) is 19.4 Å². The average Bonchev–Trinajstić information content (AvgIpc) is 3.07. The van der Waals surface area contributed by atoms with Crippen LogP contribution in [0.5, 0.6) is 5.75 Å². The summed E-state index contributed by atoms with van der Waals surface area (Å²) in [5, 5.41) is 2.54. The maximum Gasteiger partial charge on any atom is 0.408 e. The van der Waals surface area contributed by atoms with Crippen molar-refractivity contribution >= 4 is 12.0 Å². The van der Waals surface area contributed by atoms with Crippen LogP contribution in [0.1, 0.15) is 43.9 Å². The Hall–Kier alpha value is -3.02. The number of benzene rings is 2. The van der Waals surface area contributed by atoms with Crippen molar-refractivity contribution in [2.45, 2.75) is 51.2 Å². The first-order chi connectivity index (χ1) is 13.7. The Morgan fingerprint density at radius 1 is 1.10 bits per heavy atom. The molecular formula is C23H28N2O4. The van der Waals surface area contributed by atoms with E-state index in [9.17, 15) is 9.59 Å². The van der Waals surface area contributed by atoms with Gasteiger partial charge in [-0.1, -0.05) is 57.2 Å². The van der Waals surface area contributed by atoms with Crippen molar-refractivity contribution in [1.82, 2.24) is 5.32 Å². The van der Waals surface area contributed by atoms with Gasteiger partial charge in [-0.15, -0.1) is 0 Å². The molecule has 0 aromatic heterocycles. The minimum Gasteiger partial charge on any atom is -0.489 e. The molecule has 154 valence electrons. The van der Waals surface area contributed by atoms with Crippen molar-refractivity contribution in [2.24, 2.45) is 5.73 Å². The summed E-state index contributed by atoms with van der Waals surface area (Å²) >= 11 is 0. The molecule has 2 amide bonds. The van der Waals surface area contributed by atoms with Crippen molar-refractivity contribution in [3.05, 3.63) is 65.2 Å². The zero-order chi connectivity index (χ0) is 21.1. The molecule has 2 aromatic rings. The van der Waals surface area contributed by atoms with Crippen molar-refractivity contribution in [1.29, 1.82) is 0 Å². The van der Waals surface area contributed by atoms with Gasteiger partial charge in [-0.3, -0.25) is 4.79 Å². The molecule has 6 nitrogen and oxygen atoms in total. The minimum absolute atomic E-state index is 0.0314. The molecule has 1 fully saturated rings. The van der Waals surface area contributed by atoms with E-state index in [1.807, 2.05) is 24.3 Å². The second-order valence-corrected chi connectivity index (χ2v) is 8.53. The summed E-state index contributed by atoms with van der Waals surface area (Å²) in [5.74, 6) is 0.191. The number of carbonyl (C=O) groups is 2. The maximum atomic E-state index is 11.7. The lowest BCUT2D eigenvalue weighted by atomic mass is 9.87. The number of hydrogen-bond donors (Lipinski definition) is 2. The third kappa shape index (κ3) is 5.08. The van der Waals surface area contributed by atoms with Gasteiger partial charge in [-0.25, -0.2) is 4.79 Å². The quantitative estimate of drug-likeness (QED) is 0.750. The lowest BCUT2D eigenvalue weighted by Crippen LogP contribution is -2.54. The number of alkyl carbamates (subject to hydrolysis) is 1. The maximum absolute atomic E-state index is 11.7. The number of nitrogens with one attached hydrogen (secondary N) is 1. The standard InChI is InChI=1S/C23H28N2O4/c1-22(2,3)18-8-4-17(5-9-18)14-28-19-10-6-16(7-11-19)12-13-23(20(24)26)15-29-21(27)25-23/h4-11H,12-15H2,1-3H3,(H2,24,26)(H,25,27). The highest BCUT2D eigenvalue weighted by Gasteiger charge is 2.44. The molecule has 1 aliphatic heterocycles. The molecule has 1 saturated heterocycles. The topological polar surface area (TPSA) is 90.7 Å². The molecule has 0 spiro atoms. The zero-order valence-corrected chi connectivity index (χ0v) is 17.2. The largest absolute Gasteiger partial charge is 0.489 e. The van der Waals surface area contributed by atoms with Crippen LogP contribution in [0.3, 0.4) is 0 Å². The number of aryl methyl sites for hydroxylation is 1. The molecule has 0 radical (unpaired) electrons. The van der Waals surface area contributed by atoms with Crippen molar-refractivity contribution in [3.63, 3.8) is 0 Å². The lowest BCUT2D eigenvalue weighted by molar-refractivity contribution is -0.124. The molecule has 1 unspecified atom stereocenters. The number of nitrogens with two attached hydrogens (primary N) is 1. The van der Waals surface area contributed by atoms with Gasteiger partial charge in [-0.2, -0.15) is 0 Å². The third-order valence-corrected chi connectivity index (χ3v) is 5.25. The highest BCUT2D eigenvalue weighted by Crippen LogP contribution is 2.24. The second-order valence-electron chi connectivity index (χ2n) is 8.53. The Kier molecular flexibility index (Phi) is 5.82. The van der Waals surface area contributed by atoms with Crippen LogP contribution in [0.15, 0.2) is 48.5 Å². The number of hydrogen-bond acceptors (Lipinski definition) is 4. The normalized spacial score (nSPS) is 18.8. The van der Waals surface area contributed by atoms with Gasteiger partial charge in [0.25, 0.3) is 0 Å². The summed E-state index contributed by atoms with van der Waals surface area (Å²) < 4.78 is 10.7. The molecule has 2 aromatic carbocycles. The molecule has 29 heavy (non-hydrogen) atoms. The van der Waals surface area contributed by atoms with E-state index in [1.165, 1.54) is 5.56 Å². The van der Waals surface area contributed by atoms with Gasteiger partial charge in [0.15, 0.2) is 5.54 Å². The first kappa shape index (κ1) is 20.7. The van der Waals surface area contributed by atoms with Gasteiger partial charge in [0.1, 0.15) is 19.0 Å². The zero-order valence-electron chi connectivity index (χ0n) is 17.2. The van der Waals surface area contributed by atoms with E-state index in [4.69, 9.17) is 15.2 Å². The van der Waals surface area contributed by atoms with E-state index in [-0.39, 0.29) is 12.0 Å². The average molecular weight is 396 g/mol. The van der Waals surface area contributed by atoms with Crippen molar-refractivity contribution < 1.29 is 19.1 Å². The smallest absolute Gasteiger partial charge is 0.408 e. The van der Waals surface area contributed by atoms with Crippen LogP contribution >= 0.6 is 0 Å².